The molecule has 1 aromatic heterocycles. The fraction of sp³-hybridized carbons (Fsp3) is 0.600. The molecular formula is C10H13FN2O5S. The normalized spacial score (nSPS) is 30.8. The van der Waals surface area contributed by atoms with Crippen molar-refractivity contribution in [1.82, 2.24) is 9.55 Å². The van der Waals surface area contributed by atoms with Crippen LogP contribution in [0.2, 0.25) is 0 Å². The van der Waals surface area contributed by atoms with Gasteiger partial charge < -0.3 is 20.1 Å². The number of aromatic nitrogens is 2. The van der Waals surface area contributed by atoms with Gasteiger partial charge >= 0.3 is 5.69 Å². The van der Waals surface area contributed by atoms with Crippen LogP contribution >= 0.6 is 11.8 Å². The highest BCUT2D eigenvalue weighted by Crippen LogP contribution is 2.28. The maximum Gasteiger partial charge on any atom is 0.351 e. The average Bonchev–Trinajstić information content (AvgIpc) is 2.68. The second-order valence-corrected chi connectivity index (χ2v) is 4.81. The lowest BCUT2D eigenvalue weighted by molar-refractivity contribution is -0.0555. The predicted molar refractivity (Wildman–Crippen MR) is 63.2 cm³/mol. The van der Waals surface area contributed by atoms with Gasteiger partial charge in [0.1, 0.15) is 23.3 Å². The molecule has 1 aliphatic rings. The maximum absolute atomic E-state index is 13.6. The maximum atomic E-state index is 13.6. The largest absolute Gasteiger partial charge is 0.394 e. The molecule has 1 aromatic rings. The Morgan fingerprint density at radius 2 is 2.21 bits per heavy atom. The third kappa shape index (κ3) is 2.51. The number of hydrogen-bond donors (Lipinski definition) is 3. The zero-order valence-corrected chi connectivity index (χ0v) is 10.7. The zero-order valence-electron chi connectivity index (χ0n) is 9.93. The van der Waals surface area contributed by atoms with E-state index in [2.05, 4.69) is 4.98 Å². The molecule has 0 spiro atoms. The summed E-state index contributed by atoms with van der Waals surface area (Å²) in [6, 6.07) is 0. The van der Waals surface area contributed by atoms with Crippen LogP contribution in [0.5, 0.6) is 0 Å². The van der Waals surface area contributed by atoms with Crippen molar-refractivity contribution in [1.29, 1.82) is 0 Å². The Morgan fingerprint density at radius 3 is 2.74 bits per heavy atom. The van der Waals surface area contributed by atoms with Gasteiger partial charge in [0.15, 0.2) is 12.0 Å². The highest BCUT2D eigenvalue weighted by molar-refractivity contribution is 7.98. The lowest BCUT2D eigenvalue weighted by Gasteiger charge is -2.17. The molecule has 1 fully saturated rings. The summed E-state index contributed by atoms with van der Waals surface area (Å²) >= 11 is 0.975. The Balaban J connectivity index is 2.38. The smallest absolute Gasteiger partial charge is 0.351 e. The summed E-state index contributed by atoms with van der Waals surface area (Å²) in [5.41, 5.74) is -0.805. The Bertz CT molecular complexity index is 525. The standard InChI is InChI=1S/C10H13FN2O5S/c1-19-8-4(11)2-13(10(17)12-8)9-7(16)6(15)5(3-14)18-9/h2,5-7,9,14-16H,3H2,1H3/t5-,6-,7-,9-/m1/s1. The van der Waals surface area contributed by atoms with E-state index >= 15 is 0 Å². The van der Waals surface area contributed by atoms with Crippen LogP contribution in [-0.2, 0) is 4.74 Å². The molecule has 2 heterocycles. The van der Waals surface area contributed by atoms with Crippen LogP contribution in [-0.4, -0.2) is 56.0 Å². The molecule has 0 aliphatic carbocycles. The van der Waals surface area contributed by atoms with Crippen molar-refractivity contribution in [2.45, 2.75) is 29.6 Å². The molecule has 0 radical (unpaired) electrons. The van der Waals surface area contributed by atoms with E-state index in [9.17, 15) is 19.4 Å². The van der Waals surface area contributed by atoms with Crippen molar-refractivity contribution in [3.8, 4) is 0 Å². The molecule has 3 N–H and O–H groups in total. The fourth-order valence-corrected chi connectivity index (χ4v) is 2.28. The first-order valence-electron chi connectivity index (χ1n) is 5.44. The first kappa shape index (κ1) is 14.4. The summed E-state index contributed by atoms with van der Waals surface area (Å²) in [6.07, 6.45) is -2.68. The first-order chi connectivity index (χ1) is 8.99. The van der Waals surface area contributed by atoms with Gasteiger partial charge in [-0.3, -0.25) is 4.57 Å². The van der Waals surface area contributed by atoms with Crippen molar-refractivity contribution in [2.75, 3.05) is 12.9 Å². The molecule has 0 aromatic carbocycles. The molecule has 0 unspecified atom stereocenters. The Hall–Kier alpha value is -1.00. The number of halogens is 1. The van der Waals surface area contributed by atoms with Crippen LogP contribution in [0.4, 0.5) is 4.39 Å². The van der Waals surface area contributed by atoms with Crippen molar-refractivity contribution in [3.63, 3.8) is 0 Å². The SMILES string of the molecule is CSc1nc(=O)n([C@@H]2O[C@H](CO)[C@@H](O)[C@H]2O)cc1F. The molecule has 2 rings (SSSR count). The van der Waals surface area contributed by atoms with Crippen LogP contribution in [0, 0.1) is 5.82 Å². The van der Waals surface area contributed by atoms with E-state index in [1.54, 1.807) is 6.26 Å². The number of thioether (sulfide) groups is 1. The predicted octanol–water partition coefficient (Wildman–Crippen LogP) is -1.28. The van der Waals surface area contributed by atoms with Gasteiger partial charge in [-0.25, -0.2) is 9.18 Å². The Labute approximate surface area is 111 Å². The highest BCUT2D eigenvalue weighted by Gasteiger charge is 2.43. The number of aliphatic hydroxyl groups is 3. The minimum atomic E-state index is -1.45. The van der Waals surface area contributed by atoms with Gasteiger partial charge in [-0.1, -0.05) is 0 Å². The molecule has 0 bridgehead atoms. The quantitative estimate of drug-likeness (QED) is 0.470. The minimum absolute atomic E-state index is 0.0620. The van der Waals surface area contributed by atoms with E-state index in [0.717, 1.165) is 22.5 Å². The van der Waals surface area contributed by atoms with Crippen molar-refractivity contribution >= 4 is 11.8 Å². The van der Waals surface area contributed by atoms with Crippen LogP contribution < -0.4 is 5.69 Å². The van der Waals surface area contributed by atoms with Gasteiger partial charge in [0.05, 0.1) is 12.8 Å². The van der Waals surface area contributed by atoms with Gasteiger partial charge in [-0.15, -0.1) is 11.8 Å². The topological polar surface area (TPSA) is 105 Å². The van der Waals surface area contributed by atoms with E-state index in [-0.39, 0.29) is 5.03 Å². The molecule has 1 saturated heterocycles. The Morgan fingerprint density at radius 1 is 1.53 bits per heavy atom. The van der Waals surface area contributed by atoms with E-state index in [1.807, 2.05) is 0 Å². The van der Waals surface area contributed by atoms with Gasteiger partial charge in [0.25, 0.3) is 0 Å². The van der Waals surface area contributed by atoms with Gasteiger partial charge in [0, 0.05) is 0 Å². The van der Waals surface area contributed by atoms with Gasteiger partial charge in [-0.2, -0.15) is 4.98 Å². The van der Waals surface area contributed by atoms with Gasteiger partial charge in [-0.05, 0) is 6.26 Å². The average molecular weight is 292 g/mol. The second kappa shape index (κ2) is 5.55. The summed E-state index contributed by atoms with van der Waals surface area (Å²) in [7, 11) is 0. The van der Waals surface area contributed by atoms with Crippen LogP contribution in [0.3, 0.4) is 0 Å². The molecule has 9 heteroatoms. The van der Waals surface area contributed by atoms with Crippen molar-refractivity contribution in [2.24, 2.45) is 0 Å². The highest BCUT2D eigenvalue weighted by atomic mass is 32.2. The lowest BCUT2D eigenvalue weighted by Crippen LogP contribution is -2.36. The van der Waals surface area contributed by atoms with E-state index in [4.69, 9.17) is 9.84 Å². The summed E-state index contributed by atoms with van der Waals surface area (Å²) in [5, 5.41) is 28.2. The van der Waals surface area contributed by atoms with Crippen molar-refractivity contribution < 1.29 is 24.4 Å². The summed E-state index contributed by atoms with van der Waals surface area (Å²) in [5.74, 6) is -0.732. The number of aliphatic hydroxyl groups excluding tert-OH is 3. The van der Waals surface area contributed by atoms with E-state index < -0.39 is 42.7 Å². The monoisotopic (exact) mass is 292 g/mol. The molecule has 7 nitrogen and oxygen atoms in total. The molecule has 0 saturated carbocycles. The second-order valence-electron chi connectivity index (χ2n) is 4.02. The third-order valence-electron chi connectivity index (χ3n) is 2.86. The van der Waals surface area contributed by atoms with Crippen molar-refractivity contribution in [3.05, 3.63) is 22.5 Å². The molecular weight excluding hydrogens is 279 g/mol. The molecule has 19 heavy (non-hydrogen) atoms. The van der Waals surface area contributed by atoms with Crippen LogP contribution in [0.25, 0.3) is 0 Å². The minimum Gasteiger partial charge on any atom is -0.394 e. The molecule has 0 amide bonds. The van der Waals surface area contributed by atoms with E-state index in [0.29, 0.717) is 0 Å². The van der Waals surface area contributed by atoms with Crippen LogP contribution in [0.15, 0.2) is 16.0 Å². The molecule has 1 aliphatic heterocycles. The number of nitrogens with zero attached hydrogens (tertiary/aromatic N) is 2. The number of rotatable bonds is 3. The first-order valence-corrected chi connectivity index (χ1v) is 6.67. The molecule has 4 atom stereocenters. The summed E-state index contributed by atoms with van der Waals surface area (Å²) in [4.78, 5) is 15.2. The fourth-order valence-electron chi connectivity index (χ4n) is 1.87. The van der Waals surface area contributed by atoms with Gasteiger partial charge in [0.2, 0.25) is 0 Å². The molecule has 106 valence electrons. The lowest BCUT2D eigenvalue weighted by atomic mass is 10.1. The summed E-state index contributed by atoms with van der Waals surface area (Å²) < 4.78 is 19.5. The number of ether oxygens (including phenoxy) is 1. The zero-order chi connectivity index (χ0) is 14.2. The summed E-state index contributed by atoms with van der Waals surface area (Å²) in [6.45, 7) is -0.526. The third-order valence-corrected chi connectivity index (χ3v) is 3.53. The van der Waals surface area contributed by atoms with E-state index in [1.165, 1.54) is 0 Å². The van der Waals surface area contributed by atoms with Crippen LogP contribution in [0.1, 0.15) is 6.23 Å². The number of hydrogen-bond acceptors (Lipinski definition) is 7. The Kier molecular flexibility index (Phi) is 4.21.